The zero-order valence-electron chi connectivity index (χ0n) is 44.5. The highest BCUT2D eigenvalue weighted by Crippen LogP contribution is 2.49. The van der Waals surface area contributed by atoms with Crippen LogP contribution in [0.3, 0.4) is 0 Å². The number of hydrogen-bond donors (Lipinski definition) is 3. The summed E-state index contributed by atoms with van der Waals surface area (Å²) >= 11 is 0. The summed E-state index contributed by atoms with van der Waals surface area (Å²) in [5.74, 6) is -2.82. The quantitative estimate of drug-likeness (QED) is 0.0222. The molecule has 0 aliphatic heterocycles. The van der Waals surface area contributed by atoms with Crippen LogP contribution in [-0.4, -0.2) is 75.3 Å². The number of benzene rings is 1. The molecule has 15 heteroatoms. The number of esters is 6. The highest BCUT2D eigenvalue weighted by Gasteiger charge is 2.37. The van der Waals surface area contributed by atoms with Crippen LogP contribution in [0.4, 0.5) is 0 Å². The Kier molecular flexibility index (Phi) is 24.4. The molecule has 0 spiro atoms. The Bertz CT molecular complexity index is 1940. The molecule has 408 valence electrons. The molecule has 0 amide bonds. The fourth-order valence-corrected chi connectivity index (χ4v) is 11.6. The second kappa shape index (κ2) is 30.1. The summed E-state index contributed by atoms with van der Waals surface area (Å²) in [4.78, 5) is 79.3. The molecule has 1 aromatic carbocycles. The van der Waals surface area contributed by atoms with E-state index in [9.17, 15) is 28.8 Å². The first-order valence-electron chi connectivity index (χ1n) is 27.8. The fourth-order valence-electron chi connectivity index (χ4n) is 11.6. The van der Waals surface area contributed by atoms with Gasteiger partial charge in [-0.05, 0) is 146 Å². The van der Waals surface area contributed by atoms with Crippen LogP contribution >= 0.6 is 0 Å². The summed E-state index contributed by atoms with van der Waals surface area (Å²) in [5.41, 5.74) is 20.1. The van der Waals surface area contributed by atoms with E-state index in [4.69, 9.17) is 45.6 Å². The average molecular weight is 1020 g/mol. The molecule has 1 aromatic rings. The predicted octanol–water partition coefficient (Wildman–Crippen LogP) is 10.5. The zero-order valence-corrected chi connectivity index (χ0v) is 44.5. The van der Waals surface area contributed by atoms with Crippen molar-refractivity contribution >= 4 is 35.8 Å². The molecule has 0 bridgehead atoms. The second-order valence-electron chi connectivity index (χ2n) is 22.1. The zero-order chi connectivity index (χ0) is 52.7. The summed E-state index contributed by atoms with van der Waals surface area (Å²) in [5, 5.41) is 0. The van der Waals surface area contributed by atoms with E-state index in [0.29, 0.717) is 83.0 Å². The molecule has 6 N–H and O–H groups in total. The fraction of sp³-hybridized carbons (Fsp3) is 0.724. The van der Waals surface area contributed by atoms with Crippen molar-refractivity contribution in [2.45, 2.75) is 206 Å². The number of carbonyl (C=O) groups is 6. The van der Waals surface area contributed by atoms with E-state index in [1.54, 1.807) is 0 Å². The SMILES string of the molecule is C=C(C)[C@@H]1CCC(C)=C[C@H]1c1c(OC(=O)CCCCOC(=O)CC2(CN)CCCCC2)cc(OC(=O)CCCCOC(=O)CC2(CN)CCCCC2)cc1OC(=O)CCCCOC(=O)CC1(CN)CCCCC1. The largest absolute Gasteiger partial charge is 0.466 e. The summed E-state index contributed by atoms with van der Waals surface area (Å²) in [6.45, 7) is 10.1. The van der Waals surface area contributed by atoms with Crippen molar-refractivity contribution in [2.24, 2.45) is 39.4 Å². The number of allylic oxidation sites excluding steroid dienone is 3. The third kappa shape index (κ3) is 19.2. The van der Waals surface area contributed by atoms with Gasteiger partial charge in [0.2, 0.25) is 0 Å². The van der Waals surface area contributed by atoms with Gasteiger partial charge < -0.3 is 45.6 Å². The van der Waals surface area contributed by atoms with Gasteiger partial charge in [0.15, 0.2) is 0 Å². The molecule has 0 heterocycles. The minimum atomic E-state index is -0.572. The van der Waals surface area contributed by atoms with Gasteiger partial charge in [-0.3, -0.25) is 28.8 Å². The Morgan fingerprint density at radius 1 is 0.534 bits per heavy atom. The van der Waals surface area contributed by atoms with Crippen molar-refractivity contribution in [1.82, 2.24) is 0 Å². The van der Waals surface area contributed by atoms with Crippen LogP contribution in [0.1, 0.15) is 212 Å². The Morgan fingerprint density at radius 2 is 0.890 bits per heavy atom. The molecule has 0 unspecified atom stereocenters. The van der Waals surface area contributed by atoms with Crippen LogP contribution in [0, 0.1) is 22.2 Å². The van der Waals surface area contributed by atoms with Crippen molar-refractivity contribution in [3.8, 4) is 17.2 Å². The average Bonchev–Trinajstić information content (AvgIpc) is 3.36. The van der Waals surface area contributed by atoms with Gasteiger partial charge in [-0.2, -0.15) is 0 Å². The van der Waals surface area contributed by atoms with Crippen molar-refractivity contribution < 1.29 is 57.2 Å². The molecule has 0 radical (unpaired) electrons. The van der Waals surface area contributed by atoms with Gasteiger partial charge in [0.1, 0.15) is 17.2 Å². The smallest absolute Gasteiger partial charge is 0.311 e. The van der Waals surface area contributed by atoms with E-state index in [1.807, 2.05) is 13.8 Å². The number of unbranched alkanes of at least 4 members (excludes halogenated alkanes) is 3. The summed E-state index contributed by atoms with van der Waals surface area (Å²) in [7, 11) is 0. The van der Waals surface area contributed by atoms with Crippen LogP contribution in [0.2, 0.25) is 0 Å². The maximum atomic E-state index is 13.8. The first-order valence-corrected chi connectivity index (χ1v) is 27.8. The molecule has 15 nitrogen and oxygen atoms in total. The number of nitrogens with two attached hydrogens (primary N) is 3. The molecular formula is C58H89N3O12. The lowest BCUT2D eigenvalue weighted by atomic mass is 9.72. The minimum absolute atomic E-state index is 0.00186. The van der Waals surface area contributed by atoms with Gasteiger partial charge in [-0.25, -0.2) is 0 Å². The third-order valence-electron chi connectivity index (χ3n) is 16.2. The number of ether oxygens (including phenoxy) is 6. The number of hydrogen-bond acceptors (Lipinski definition) is 15. The molecule has 73 heavy (non-hydrogen) atoms. The first-order chi connectivity index (χ1) is 35.1. The van der Waals surface area contributed by atoms with Crippen molar-refractivity contribution in [1.29, 1.82) is 0 Å². The van der Waals surface area contributed by atoms with E-state index >= 15 is 0 Å². The lowest BCUT2D eigenvalue weighted by molar-refractivity contribution is -0.148. The second-order valence-corrected chi connectivity index (χ2v) is 22.1. The minimum Gasteiger partial charge on any atom is -0.466 e. The lowest BCUT2D eigenvalue weighted by Crippen LogP contribution is -2.35. The Morgan fingerprint density at radius 3 is 1.23 bits per heavy atom. The molecular weight excluding hydrogens is 931 g/mol. The van der Waals surface area contributed by atoms with Gasteiger partial charge in [0, 0.05) is 42.9 Å². The van der Waals surface area contributed by atoms with Crippen LogP contribution in [0.15, 0.2) is 35.9 Å². The van der Waals surface area contributed by atoms with Gasteiger partial charge in [0.05, 0.1) is 39.1 Å². The first kappa shape index (κ1) is 59.3. The molecule has 2 atom stereocenters. The highest BCUT2D eigenvalue weighted by molar-refractivity contribution is 5.78. The lowest BCUT2D eigenvalue weighted by Gasteiger charge is -2.35. The summed E-state index contributed by atoms with van der Waals surface area (Å²) in [6.07, 6.45) is 22.3. The van der Waals surface area contributed by atoms with Gasteiger partial charge in [-0.1, -0.05) is 81.6 Å². The molecule has 3 saturated carbocycles. The highest BCUT2D eigenvalue weighted by atomic mass is 16.6. The van der Waals surface area contributed by atoms with E-state index in [1.165, 1.54) is 12.1 Å². The molecule has 0 saturated heterocycles. The van der Waals surface area contributed by atoms with Crippen LogP contribution < -0.4 is 31.4 Å². The van der Waals surface area contributed by atoms with Crippen LogP contribution in [0.25, 0.3) is 0 Å². The molecule has 3 fully saturated rings. The molecule has 0 aromatic heterocycles. The third-order valence-corrected chi connectivity index (χ3v) is 16.2. The monoisotopic (exact) mass is 1020 g/mol. The Labute approximate surface area is 435 Å². The maximum absolute atomic E-state index is 13.8. The maximum Gasteiger partial charge on any atom is 0.311 e. The number of rotatable bonds is 29. The molecule has 4 aliphatic rings. The van der Waals surface area contributed by atoms with E-state index in [0.717, 1.165) is 120 Å². The standard InChI is InChI=1S/C58H89N3O12/c1-42(2)45-23-22-43(3)33-46(45)55-47(72-50(63)20-8-17-31-69-53(66)37-57(40-60)26-12-5-13-27-57)34-44(71-49(62)19-7-16-30-68-52(65)36-56(39-59)24-10-4-11-25-56)35-48(55)73-51(64)21-9-18-32-70-54(67)38-58(41-61)28-14-6-15-29-58/h33-35,45-46H,1,4-32,36-41,59-61H2,2-3H3/t45-,46+/m0/s1. The summed E-state index contributed by atoms with van der Waals surface area (Å²) in [6, 6.07) is 2.99. The van der Waals surface area contributed by atoms with E-state index in [2.05, 4.69) is 12.7 Å². The molecule has 5 rings (SSSR count). The van der Waals surface area contributed by atoms with Crippen LogP contribution in [-0.2, 0) is 43.0 Å². The van der Waals surface area contributed by atoms with E-state index in [-0.39, 0.29) is 96.4 Å². The Hall–Kier alpha value is -4.60. The number of carbonyl (C=O) groups excluding carboxylic acids is 6. The van der Waals surface area contributed by atoms with Crippen molar-refractivity contribution in [3.63, 3.8) is 0 Å². The van der Waals surface area contributed by atoms with Crippen molar-refractivity contribution in [3.05, 3.63) is 41.5 Å². The molecule has 4 aliphatic carbocycles. The van der Waals surface area contributed by atoms with Gasteiger partial charge >= 0.3 is 35.8 Å². The van der Waals surface area contributed by atoms with E-state index < -0.39 is 23.8 Å². The normalized spacial score (nSPS) is 20.2. The van der Waals surface area contributed by atoms with Crippen LogP contribution in [0.5, 0.6) is 17.2 Å². The van der Waals surface area contributed by atoms with Crippen molar-refractivity contribution in [2.75, 3.05) is 39.5 Å². The summed E-state index contributed by atoms with van der Waals surface area (Å²) < 4.78 is 34.9. The topological polar surface area (TPSA) is 236 Å². The predicted molar refractivity (Wildman–Crippen MR) is 279 cm³/mol. The van der Waals surface area contributed by atoms with Gasteiger partial charge in [-0.15, -0.1) is 0 Å². The Balaban J connectivity index is 1.26. The van der Waals surface area contributed by atoms with Gasteiger partial charge in [0.25, 0.3) is 0 Å².